The third-order valence-electron chi connectivity index (χ3n) is 4.19. The van der Waals surface area contributed by atoms with Gasteiger partial charge in [0.05, 0.1) is 11.0 Å². The normalized spacial score (nSPS) is 10.9. The van der Waals surface area contributed by atoms with E-state index in [4.69, 9.17) is 4.98 Å². The molecule has 0 aliphatic heterocycles. The topological polar surface area (TPSA) is 46.9 Å². The number of hydrogen-bond acceptors (Lipinski definition) is 2. The molecule has 4 nitrogen and oxygen atoms in total. The second kappa shape index (κ2) is 7.30. The number of rotatable bonds is 6. The number of nitrogens with zero attached hydrogens (tertiary/aromatic N) is 2. The van der Waals surface area contributed by atoms with Crippen LogP contribution in [0.4, 0.5) is 0 Å². The predicted molar refractivity (Wildman–Crippen MR) is 97.2 cm³/mol. The molecule has 1 heterocycles. The van der Waals surface area contributed by atoms with Crippen LogP contribution in [0, 0.1) is 6.92 Å². The monoisotopic (exact) mass is 321 g/mol. The van der Waals surface area contributed by atoms with E-state index in [1.54, 1.807) is 0 Å². The summed E-state index contributed by atoms with van der Waals surface area (Å²) in [5, 5.41) is 2.99. The van der Waals surface area contributed by atoms with Gasteiger partial charge in [0, 0.05) is 25.1 Å². The molecule has 24 heavy (non-hydrogen) atoms. The van der Waals surface area contributed by atoms with Crippen LogP contribution in [0.15, 0.2) is 48.5 Å². The Labute approximate surface area is 142 Å². The molecule has 0 spiro atoms. The molecule has 0 saturated heterocycles. The third kappa shape index (κ3) is 3.48. The minimum atomic E-state index is -0.0114. The van der Waals surface area contributed by atoms with Crippen molar-refractivity contribution >= 4 is 16.9 Å². The van der Waals surface area contributed by atoms with Crippen LogP contribution >= 0.6 is 0 Å². The molecule has 0 radical (unpaired) electrons. The van der Waals surface area contributed by atoms with Gasteiger partial charge in [0.2, 0.25) is 0 Å². The van der Waals surface area contributed by atoms with E-state index in [1.807, 2.05) is 49.4 Å². The van der Waals surface area contributed by atoms with Crippen molar-refractivity contribution in [2.24, 2.45) is 0 Å². The number of benzene rings is 2. The lowest BCUT2D eigenvalue weighted by Crippen LogP contribution is -2.25. The predicted octanol–water partition coefficient (Wildman–Crippen LogP) is 3.73. The summed E-state index contributed by atoms with van der Waals surface area (Å²) in [7, 11) is 0. The van der Waals surface area contributed by atoms with Gasteiger partial charge in [0.1, 0.15) is 5.82 Å². The zero-order valence-corrected chi connectivity index (χ0v) is 14.2. The van der Waals surface area contributed by atoms with Crippen LogP contribution in [0.5, 0.6) is 0 Å². The van der Waals surface area contributed by atoms with Crippen molar-refractivity contribution in [3.05, 3.63) is 65.5 Å². The summed E-state index contributed by atoms with van der Waals surface area (Å²) in [5.41, 5.74) is 4.03. The molecule has 0 atom stereocenters. The van der Waals surface area contributed by atoms with Gasteiger partial charge < -0.3 is 9.88 Å². The number of para-hydroxylation sites is 2. The van der Waals surface area contributed by atoms with Gasteiger partial charge in [-0.15, -0.1) is 0 Å². The van der Waals surface area contributed by atoms with Crippen molar-refractivity contribution < 1.29 is 4.79 Å². The van der Waals surface area contributed by atoms with Crippen molar-refractivity contribution in [3.8, 4) is 0 Å². The fourth-order valence-corrected chi connectivity index (χ4v) is 3.01. The van der Waals surface area contributed by atoms with Crippen molar-refractivity contribution in [2.45, 2.75) is 33.2 Å². The maximum Gasteiger partial charge on any atom is 0.251 e. The van der Waals surface area contributed by atoms with Crippen LogP contribution in [0.2, 0.25) is 0 Å². The van der Waals surface area contributed by atoms with E-state index < -0.39 is 0 Å². The van der Waals surface area contributed by atoms with Gasteiger partial charge in [-0.25, -0.2) is 4.98 Å². The molecule has 124 valence electrons. The van der Waals surface area contributed by atoms with Gasteiger partial charge in [-0.05, 0) is 44.5 Å². The highest BCUT2D eigenvalue weighted by Gasteiger charge is 2.09. The first-order valence-corrected chi connectivity index (χ1v) is 8.48. The molecule has 0 bridgehead atoms. The van der Waals surface area contributed by atoms with E-state index in [9.17, 15) is 4.79 Å². The summed E-state index contributed by atoms with van der Waals surface area (Å²) in [5.74, 6) is 1.08. The second-order valence-electron chi connectivity index (χ2n) is 5.99. The quantitative estimate of drug-likeness (QED) is 0.703. The van der Waals surface area contributed by atoms with Crippen LogP contribution in [-0.2, 0) is 13.0 Å². The van der Waals surface area contributed by atoms with E-state index >= 15 is 0 Å². The number of amides is 1. The molecule has 1 aromatic heterocycles. The summed E-state index contributed by atoms with van der Waals surface area (Å²) in [6.07, 6.45) is 1.73. The number of imidazole rings is 1. The van der Waals surface area contributed by atoms with Gasteiger partial charge in [0.25, 0.3) is 5.91 Å². The molecule has 4 heteroatoms. The second-order valence-corrected chi connectivity index (χ2v) is 5.99. The Hall–Kier alpha value is -2.62. The zero-order valence-electron chi connectivity index (χ0n) is 14.2. The van der Waals surface area contributed by atoms with E-state index in [0.29, 0.717) is 6.54 Å². The Kier molecular flexibility index (Phi) is 4.94. The maximum absolute atomic E-state index is 12.1. The van der Waals surface area contributed by atoms with Gasteiger partial charge in [-0.3, -0.25) is 4.79 Å². The molecule has 3 aromatic rings. The molecule has 2 aromatic carbocycles. The smallest absolute Gasteiger partial charge is 0.251 e. The number of carbonyl (C=O) groups is 1. The first-order chi connectivity index (χ1) is 11.7. The molecule has 0 aliphatic carbocycles. The highest BCUT2D eigenvalue weighted by atomic mass is 16.1. The molecule has 0 unspecified atom stereocenters. The van der Waals surface area contributed by atoms with Gasteiger partial charge in [-0.2, -0.15) is 0 Å². The molecule has 0 aliphatic rings. The van der Waals surface area contributed by atoms with Crippen LogP contribution in [0.3, 0.4) is 0 Å². The maximum atomic E-state index is 12.1. The minimum Gasteiger partial charge on any atom is -0.352 e. The van der Waals surface area contributed by atoms with E-state index in [1.165, 1.54) is 5.52 Å². The molecular weight excluding hydrogens is 298 g/mol. The summed E-state index contributed by atoms with van der Waals surface area (Å²) in [4.78, 5) is 16.9. The van der Waals surface area contributed by atoms with E-state index in [-0.39, 0.29) is 5.91 Å². The molecular formula is C20H23N3O. The van der Waals surface area contributed by atoms with Crippen molar-refractivity contribution in [1.29, 1.82) is 0 Å². The standard InChI is InChI=1S/C20H23N3O/c1-3-23-18-11-5-4-10-17(18)22-19(23)12-7-13-21-20(24)16-9-6-8-15(2)14-16/h4-6,8-11,14H,3,7,12-13H2,1-2H3,(H,21,24). The Morgan fingerprint density at radius 1 is 1.17 bits per heavy atom. The van der Waals surface area contributed by atoms with Crippen molar-refractivity contribution in [3.63, 3.8) is 0 Å². The summed E-state index contributed by atoms with van der Waals surface area (Å²) in [6, 6.07) is 15.9. The first-order valence-electron chi connectivity index (χ1n) is 8.48. The van der Waals surface area contributed by atoms with Gasteiger partial charge in [-0.1, -0.05) is 29.8 Å². The van der Waals surface area contributed by atoms with Crippen LogP contribution in [0.25, 0.3) is 11.0 Å². The molecule has 0 fully saturated rings. The third-order valence-corrected chi connectivity index (χ3v) is 4.19. The summed E-state index contributed by atoms with van der Waals surface area (Å²) >= 11 is 0. The number of nitrogens with one attached hydrogen (secondary N) is 1. The van der Waals surface area contributed by atoms with Crippen molar-refractivity contribution in [1.82, 2.24) is 14.9 Å². The molecule has 0 saturated carbocycles. The molecule has 1 N–H and O–H groups in total. The Morgan fingerprint density at radius 3 is 2.79 bits per heavy atom. The molecule has 1 amide bonds. The highest BCUT2D eigenvalue weighted by molar-refractivity contribution is 5.94. The first kappa shape index (κ1) is 16.2. The summed E-state index contributed by atoms with van der Waals surface area (Å²) in [6.45, 7) is 5.69. The van der Waals surface area contributed by atoms with Crippen molar-refractivity contribution in [2.75, 3.05) is 6.54 Å². The van der Waals surface area contributed by atoms with Gasteiger partial charge >= 0.3 is 0 Å². The average molecular weight is 321 g/mol. The van der Waals surface area contributed by atoms with Crippen LogP contribution in [-0.4, -0.2) is 22.0 Å². The fraction of sp³-hybridized carbons (Fsp3) is 0.300. The van der Waals surface area contributed by atoms with E-state index in [0.717, 1.165) is 41.9 Å². The number of aromatic nitrogens is 2. The fourth-order valence-electron chi connectivity index (χ4n) is 3.01. The largest absolute Gasteiger partial charge is 0.352 e. The lowest BCUT2D eigenvalue weighted by atomic mass is 10.1. The zero-order chi connectivity index (χ0) is 16.9. The Balaban J connectivity index is 1.58. The summed E-state index contributed by atoms with van der Waals surface area (Å²) < 4.78 is 2.25. The number of carbonyl (C=O) groups excluding carboxylic acids is 1. The Bertz CT molecular complexity index is 851. The average Bonchev–Trinajstić information content (AvgIpc) is 2.96. The van der Waals surface area contributed by atoms with E-state index in [2.05, 4.69) is 22.9 Å². The number of fused-ring (bicyclic) bond motifs is 1. The SMILES string of the molecule is CCn1c(CCCNC(=O)c2cccc(C)c2)nc2ccccc21. The number of aryl methyl sites for hydroxylation is 3. The lowest BCUT2D eigenvalue weighted by Gasteiger charge is -2.07. The lowest BCUT2D eigenvalue weighted by molar-refractivity contribution is 0.0953. The van der Waals surface area contributed by atoms with Crippen LogP contribution < -0.4 is 5.32 Å². The van der Waals surface area contributed by atoms with Crippen LogP contribution in [0.1, 0.15) is 35.1 Å². The Morgan fingerprint density at radius 2 is 2.00 bits per heavy atom. The number of hydrogen-bond donors (Lipinski definition) is 1. The van der Waals surface area contributed by atoms with Gasteiger partial charge in [0.15, 0.2) is 0 Å². The highest BCUT2D eigenvalue weighted by Crippen LogP contribution is 2.16. The molecule has 3 rings (SSSR count). The minimum absolute atomic E-state index is 0.0114.